The second-order valence-electron chi connectivity index (χ2n) is 6.09. The molecule has 0 bridgehead atoms. The van der Waals surface area contributed by atoms with E-state index in [1.807, 2.05) is 12.1 Å². The lowest BCUT2D eigenvalue weighted by Crippen LogP contribution is -2.10. The normalized spacial score (nSPS) is 13.1. The molecule has 2 aromatic carbocycles. The van der Waals surface area contributed by atoms with Gasteiger partial charge >= 0.3 is 0 Å². The van der Waals surface area contributed by atoms with Crippen LogP contribution in [0.5, 0.6) is 0 Å². The van der Waals surface area contributed by atoms with Crippen molar-refractivity contribution in [3.8, 4) is 0 Å². The zero-order chi connectivity index (χ0) is 15.6. The third-order valence-electron chi connectivity index (χ3n) is 3.34. The Hall–Kier alpha value is -1.32. The van der Waals surface area contributed by atoms with Crippen LogP contribution in [-0.4, -0.2) is 4.21 Å². The summed E-state index contributed by atoms with van der Waals surface area (Å²) in [4.78, 5) is 0.527. The zero-order valence-electron chi connectivity index (χ0n) is 12.5. The van der Waals surface area contributed by atoms with E-state index in [1.54, 1.807) is 18.2 Å². The number of hydrogen-bond acceptors (Lipinski definition) is 2. The topological polar surface area (TPSA) is 43.1 Å². The molecule has 0 heterocycles. The fraction of sp³-hybridized carbons (Fsp3) is 0.294. The quantitative estimate of drug-likeness (QED) is 0.844. The number of benzene rings is 2. The van der Waals surface area contributed by atoms with E-state index in [0.717, 1.165) is 5.56 Å². The van der Waals surface area contributed by atoms with Crippen LogP contribution in [0, 0.1) is 0 Å². The van der Waals surface area contributed by atoms with Crippen molar-refractivity contribution in [2.24, 2.45) is 0 Å². The van der Waals surface area contributed by atoms with E-state index >= 15 is 0 Å². The van der Waals surface area contributed by atoms with Crippen LogP contribution in [0.4, 0.5) is 5.69 Å². The highest BCUT2D eigenvalue weighted by atomic mass is 35.5. The minimum Gasteiger partial charge on any atom is -0.398 e. The molecule has 0 radical (unpaired) electrons. The molecule has 0 fully saturated rings. The van der Waals surface area contributed by atoms with Crippen LogP contribution in [0.25, 0.3) is 0 Å². The van der Waals surface area contributed by atoms with Crippen LogP contribution in [0.2, 0.25) is 5.02 Å². The summed E-state index contributed by atoms with van der Waals surface area (Å²) in [6.45, 7) is 6.51. The third kappa shape index (κ3) is 3.86. The summed E-state index contributed by atoms with van der Waals surface area (Å²) in [6.07, 6.45) is 0. The van der Waals surface area contributed by atoms with E-state index in [-0.39, 0.29) is 5.41 Å². The molecule has 2 N–H and O–H groups in total. The highest BCUT2D eigenvalue weighted by molar-refractivity contribution is 7.84. The van der Waals surface area contributed by atoms with Crippen molar-refractivity contribution in [2.45, 2.75) is 36.8 Å². The smallest absolute Gasteiger partial charge is 0.0806 e. The molecule has 1 atom stereocenters. The SMILES string of the molecule is CC(C)(C)c1ccc(CS(=O)c2c(N)cccc2Cl)cc1. The van der Waals surface area contributed by atoms with Gasteiger partial charge in [0.2, 0.25) is 0 Å². The van der Waals surface area contributed by atoms with Gasteiger partial charge in [-0.05, 0) is 28.7 Å². The summed E-state index contributed by atoms with van der Waals surface area (Å²) in [7, 11) is -1.24. The fourth-order valence-corrected chi connectivity index (χ4v) is 3.79. The molecule has 0 aliphatic heterocycles. The highest BCUT2D eigenvalue weighted by Crippen LogP contribution is 2.28. The summed E-state index contributed by atoms with van der Waals surface area (Å²) in [6, 6.07) is 13.4. The monoisotopic (exact) mass is 321 g/mol. The summed E-state index contributed by atoms with van der Waals surface area (Å²) >= 11 is 6.10. The molecule has 0 aliphatic carbocycles. The third-order valence-corrected chi connectivity index (χ3v) is 5.28. The van der Waals surface area contributed by atoms with Gasteiger partial charge < -0.3 is 5.73 Å². The van der Waals surface area contributed by atoms with Gasteiger partial charge in [-0.15, -0.1) is 0 Å². The molecule has 112 valence electrons. The molecule has 0 aromatic heterocycles. The first kappa shape index (κ1) is 16.1. The summed E-state index contributed by atoms with van der Waals surface area (Å²) < 4.78 is 12.5. The molecule has 0 saturated heterocycles. The van der Waals surface area contributed by atoms with E-state index in [4.69, 9.17) is 17.3 Å². The van der Waals surface area contributed by atoms with Crippen molar-refractivity contribution in [3.63, 3.8) is 0 Å². The van der Waals surface area contributed by atoms with Gasteiger partial charge in [0.1, 0.15) is 0 Å². The van der Waals surface area contributed by atoms with E-state index in [2.05, 4.69) is 32.9 Å². The maximum Gasteiger partial charge on any atom is 0.0806 e. The molecule has 2 aromatic rings. The van der Waals surface area contributed by atoms with Crippen molar-refractivity contribution in [3.05, 3.63) is 58.6 Å². The van der Waals surface area contributed by atoms with Crippen molar-refractivity contribution < 1.29 is 4.21 Å². The number of anilines is 1. The lowest BCUT2D eigenvalue weighted by Gasteiger charge is -2.19. The van der Waals surface area contributed by atoms with Crippen molar-refractivity contribution >= 4 is 28.1 Å². The Labute approximate surface area is 133 Å². The molecule has 21 heavy (non-hydrogen) atoms. The Morgan fingerprint density at radius 2 is 1.71 bits per heavy atom. The number of nitrogen functional groups attached to an aromatic ring is 1. The predicted octanol–water partition coefficient (Wildman–Crippen LogP) is 4.53. The largest absolute Gasteiger partial charge is 0.398 e. The Morgan fingerprint density at radius 1 is 1.10 bits per heavy atom. The van der Waals surface area contributed by atoms with Crippen LogP contribution in [0.1, 0.15) is 31.9 Å². The molecule has 0 amide bonds. The van der Waals surface area contributed by atoms with Crippen LogP contribution in [0.3, 0.4) is 0 Å². The molecule has 0 saturated carbocycles. The van der Waals surface area contributed by atoms with Gasteiger partial charge in [-0.3, -0.25) is 4.21 Å². The lowest BCUT2D eigenvalue weighted by atomic mass is 9.87. The molecule has 0 spiro atoms. The maximum atomic E-state index is 12.5. The first-order valence-electron chi connectivity index (χ1n) is 6.81. The van der Waals surface area contributed by atoms with Crippen LogP contribution in [0.15, 0.2) is 47.4 Å². The van der Waals surface area contributed by atoms with Gasteiger partial charge in [0.25, 0.3) is 0 Å². The fourth-order valence-electron chi connectivity index (χ4n) is 2.09. The molecular weight excluding hydrogens is 302 g/mol. The number of nitrogens with two attached hydrogens (primary N) is 1. The molecule has 4 heteroatoms. The van der Waals surface area contributed by atoms with E-state index in [9.17, 15) is 4.21 Å². The standard InChI is InChI=1S/C17H20ClNOS/c1-17(2,3)13-9-7-12(8-10-13)11-21(20)16-14(18)5-4-6-15(16)19/h4-10H,11,19H2,1-3H3. The summed E-state index contributed by atoms with van der Waals surface area (Å²) in [5.74, 6) is 0.415. The first-order valence-corrected chi connectivity index (χ1v) is 8.50. The molecule has 2 nitrogen and oxygen atoms in total. The van der Waals surface area contributed by atoms with Gasteiger partial charge in [0.15, 0.2) is 0 Å². The molecule has 0 aliphatic rings. The van der Waals surface area contributed by atoms with Crippen molar-refractivity contribution in [1.82, 2.24) is 0 Å². The highest BCUT2D eigenvalue weighted by Gasteiger charge is 2.15. The Morgan fingerprint density at radius 3 is 2.24 bits per heavy atom. The Kier molecular flexibility index (Phi) is 4.74. The first-order chi connectivity index (χ1) is 9.79. The van der Waals surface area contributed by atoms with Crippen LogP contribution >= 0.6 is 11.6 Å². The average Bonchev–Trinajstić information content (AvgIpc) is 2.38. The second kappa shape index (κ2) is 6.20. The van der Waals surface area contributed by atoms with Crippen LogP contribution < -0.4 is 5.73 Å². The van der Waals surface area contributed by atoms with Gasteiger partial charge in [-0.2, -0.15) is 0 Å². The van der Waals surface area contributed by atoms with Crippen LogP contribution in [-0.2, 0) is 22.0 Å². The van der Waals surface area contributed by atoms with Gasteiger partial charge in [-0.25, -0.2) is 0 Å². The summed E-state index contributed by atoms with van der Waals surface area (Å²) in [5.41, 5.74) is 8.75. The minimum absolute atomic E-state index is 0.116. The molecular formula is C17H20ClNOS. The predicted molar refractivity (Wildman–Crippen MR) is 91.1 cm³/mol. The van der Waals surface area contributed by atoms with Gasteiger partial charge in [0, 0.05) is 5.69 Å². The zero-order valence-corrected chi connectivity index (χ0v) is 14.1. The van der Waals surface area contributed by atoms with Crippen molar-refractivity contribution in [2.75, 3.05) is 5.73 Å². The van der Waals surface area contributed by atoms with E-state index < -0.39 is 10.8 Å². The maximum absolute atomic E-state index is 12.5. The molecule has 2 rings (SSSR count). The van der Waals surface area contributed by atoms with E-state index in [0.29, 0.717) is 21.4 Å². The minimum atomic E-state index is -1.24. The summed E-state index contributed by atoms with van der Waals surface area (Å²) in [5, 5.41) is 0.458. The van der Waals surface area contributed by atoms with Gasteiger partial charge in [-0.1, -0.05) is 62.7 Å². The number of halogens is 1. The second-order valence-corrected chi connectivity index (χ2v) is 7.89. The Bertz CT molecular complexity index is 639. The number of hydrogen-bond donors (Lipinski definition) is 1. The molecule has 1 unspecified atom stereocenters. The average molecular weight is 322 g/mol. The van der Waals surface area contributed by atoms with E-state index in [1.165, 1.54) is 5.56 Å². The van der Waals surface area contributed by atoms with Crippen molar-refractivity contribution in [1.29, 1.82) is 0 Å². The van der Waals surface area contributed by atoms with Gasteiger partial charge in [0.05, 0.1) is 26.5 Å². The number of rotatable bonds is 3. The lowest BCUT2D eigenvalue weighted by molar-refractivity contribution is 0.590. The Balaban J connectivity index is 2.21.